The molecule has 0 fully saturated rings. The van der Waals surface area contributed by atoms with Crippen LogP contribution in [0.2, 0.25) is 0 Å². The van der Waals surface area contributed by atoms with Crippen LogP contribution in [0.3, 0.4) is 0 Å². The SMILES string of the molecule is CC(C)(C)PC(C)(C)C.CC(C)(C)PC(C)(C)C.CC(C)(C)PC(C)(C)C.[Ga]. The van der Waals surface area contributed by atoms with E-state index < -0.39 is 0 Å². The van der Waals surface area contributed by atoms with Gasteiger partial charge in [0.25, 0.3) is 0 Å². The van der Waals surface area contributed by atoms with Gasteiger partial charge in [-0.15, -0.1) is 25.7 Å². The molecule has 0 aliphatic heterocycles. The quantitative estimate of drug-likeness (QED) is 0.226. The van der Waals surface area contributed by atoms with E-state index in [1.54, 1.807) is 0 Å². The summed E-state index contributed by atoms with van der Waals surface area (Å²) in [6, 6.07) is 0. The third-order valence-corrected chi connectivity index (χ3v) is 6.75. The fraction of sp³-hybridized carbons (Fsp3) is 1.00. The van der Waals surface area contributed by atoms with Crippen molar-refractivity contribution in [2.45, 2.75) is 156 Å². The molecular formula is C24H57GaP3. The Morgan fingerprint density at radius 1 is 0.250 bits per heavy atom. The van der Waals surface area contributed by atoms with Gasteiger partial charge in [-0.3, -0.25) is 0 Å². The number of rotatable bonds is 0. The largest absolute Gasteiger partial charge is 0.111 e. The molecule has 0 nitrogen and oxygen atoms in total. The average molecular weight is 508 g/mol. The van der Waals surface area contributed by atoms with E-state index in [-0.39, 0.29) is 19.8 Å². The van der Waals surface area contributed by atoms with Crippen LogP contribution in [0.4, 0.5) is 0 Å². The van der Waals surface area contributed by atoms with Crippen molar-refractivity contribution in [2.24, 2.45) is 0 Å². The Labute approximate surface area is 200 Å². The van der Waals surface area contributed by atoms with Crippen LogP contribution in [0.25, 0.3) is 0 Å². The van der Waals surface area contributed by atoms with Crippen LogP contribution in [0, 0.1) is 0 Å². The van der Waals surface area contributed by atoms with Crippen LogP contribution in [0.15, 0.2) is 0 Å². The zero-order chi connectivity index (χ0) is 23.1. The predicted octanol–water partition coefficient (Wildman–Crippen LogP) is 9.40. The normalized spacial score (nSPS) is 13.5. The van der Waals surface area contributed by atoms with E-state index in [1.807, 2.05) is 0 Å². The van der Waals surface area contributed by atoms with Gasteiger partial charge in [-0.1, -0.05) is 125 Å². The molecule has 0 saturated carbocycles. The molecule has 0 bridgehead atoms. The van der Waals surface area contributed by atoms with Gasteiger partial charge in [-0.25, -0.2) is 0 Å². The third-order valence-electron chi connectivity index (χ3n) is 2.25. The monoisotopic (exact) mass is 507 g/mol. The molecule has 4 heteroatoms. The summed E-state index contributed by atoms with van der Waals surface area (Å²) in [5.41, 5.74) is 0. The van der Waals surface area contributed by atoms with Crippen molar-refractivity contribution in [3.63, 3.8) is 0 Å². The average Bonchev–Trinajstić information content (AvgIpc) is 1.96. The van der Waals surface area contributed by atoms with E-state index in [2.05, 4.69) is 125 Å². The van der Waals surface area contributed by atoms with Crippen LogP contribution < -0.4 is 0 Å². The van der Waals surface area contributed by atoms with Gasteiger partial charge in [0.2, 0.25) is 0 Å². The summed E-state index contributed by atoms with van der Waals surface area (Å²) in [5.74, 6) is 0. The molecule has 0 aromatic carbocycles. The second-order valence-electron chi connectivity index (χ2n) is 13.9. The van der Waals surface area contributed by atoms with E-state index >= 15 is 0 Å². The smallest absolute Gasteiger partial charge is 0 e. The van der Waals surface area contributed by atoms with Crippen molar-refractivity contribution < 1.29 is 0 Å². The number of hydrogen-bond acceptors (Lipinski definition) is 0. The fourth-order valence-electron chi connectivity index (χ4n) is 3.38. The summed E-state index contributed by atoms with van der Waals surface area (Å²) >= 11 is 0. The minimum atomic E-state index is 0. The Balaban J connectivity index is -0.000000152. The first-order chi connectivity index (χ1) is 11.1. The first kappa shape index (κ1) is 37.3. The molecule has 171 valence electrons. The molecule has 0 atom stereocenters. The molecular weight excluding hydrogens is 451 g/mol. The molecule has 0 aliphatic rings. The topological polar surface area (TPSA) is 0 Å². The maximum absolute atomic E-state index is 2.30. The molecule has 0 amide bonds. The minimum Gasteiger partial charge on any atom is -0.111 e. The summed E-state index contributed by atoms with van der Waals surface area (Å²) in [7, 11) is 3.15. The second kappa shape index (κ2) is 13.5. The van der Waals surface area contributed by atoms with Gasteiger partial charge in [-0.2, -0.15) is 0 Å². The predicted molar refractivity (Wildman–Crippen MR) is 149 cm³/mol. The molecule has 0 aromatic heterocycles. The Morgan fingerprint density at radius 3 is 0.321 bits per heavy atom. The van der Waals surface area contributed by atoms with Crippen molar-refractivity contribution in [3.8, 4) is 0 Å². The molecule has 3 radical (unpaired) electrons. The first-order valence-electron chi connectivity index (χ1n) is 10.5. The second-order valence-corrected chi connectivity index (χ2v) is 23.6. The molecule has 0 rings (SSSR count). The van der Waals surface area contributed by atoms with Gasteiger partial charge >= 0.3 is 0 Å². The van der Waals surface area contributed by atoms with E-state index in [0.29, 0.717) is 30.9 Å². The Kier molecular flexibility index (Phi) is 17.9. The van der Waals surface area contributed by atoms with E-state index in [0.717, 1.165) is 25.7 Å². The molecule has 0 unspecified atom stereocenters. The van der Waals surface area contributed by atoms with Gasteiger partial charge < -0.3 is 0 Å². The molecule has 0 heterocycles. The van der Waals surface area contributed by atoms with Crippen molar-refractivity contribution in [3.05, 3.63) is 0 Å². The van der Waals surface area contributed by atoms with Crippen LogP contribution in [-0.4, -0.2) is 50.7 Å². The summed E-state index contributed by atoms with van der Waals surface area (Å²) in [6.07, 6.45) is 0. The standard InChI is InChI=1S/3C8H19P.Ga/c3*1-7(2,3)9-8(4,5)6;/h3*9H,1-6H3;. The summed E-state index contributed by atoms with van der Waals surface area (Å²) in [5, 5.41) is 3.07. The summed E-state index contributed by atoms with van der Waals surface area (Å²) < 4.78 is 0. The Hall–Kier alpha value is 1.93. The molecule has 0 N–H and O–H groups in total. The maximum Gasteiger partial charge on any atom is 0 e. The maximum atomic E-state index is 2.30. The van der Waals surface area contributed by atoms with Gasteiger partial charge in [0.15, 0.2) is 0 Å². The van der Waals surface area contributed by atoms with Gasteiger partial charge in [0.1, 0.15) is 0 Å². The van der Waals surface area contributed by atoms with E-state index in [1.165, 1.54) is 0 Å². The number of hydrogen-bond donors (Lipinski definition) is 0. The van der Waals surface area contributed by atoms with Crippen LogP contribution in [0.1, 0.15) is 125 Å². The third kappa shape index (κ3) is 51.0. The summed E-state index contributed by atoms with van der Waals surface area (Å²) in [4.78, 5) is 0. The van der Waals surface area contributed by atoms with Crippen molar-refractivity contribution in [2.75, 3.05) is 0 Å². The zero-order valence-corrected chi connectivity index (χ0v) is 28.5. The van der Waals surface area contributed by atoms with E-state index in [9.17, 15) is 0 Å². The zero-order valence-electron chi connectivity index (χ0n) is 23.1. The molecule has 0 saturated heterocycles. The molecule has 0 spiro atoms. The van der Waals surface area contributed by atoms with Crippen molar-refractivity contribution in [1.82, 2.24) is 0 Å². The van der Waals surface area contributed by atoms with Crippen LogP contribution >= 0.6 is 25.7 Å². The van der Waals surface area contributed by atoms with Crippen LogP contribution in [0.5, 0.6) is 0 Å². The molecule has 0 aliphatic carbocycles. The first-order valence-corrected chi connectivity index (χ1v) is 13.5. The Bertz CT molecular complexity index is 277. The fourth-order valence-corrected chi connectivity index (χ4v) is 10.1. The molecule has 28 heavy (non-hydrogen) atoms. The van der Waals surface area contributed by atoms with Crippen LogP contribution in [-0.2, 0) is 0 Å². The van der Waals surface area contributed by atoms with Crippen molar-refractivity contribution >= 4 is 45.5 Å². The van der Waals surface area contributed by atoms with Gasteiger partial charge in [0, 0.05) is 19.8 Å². The summed E-state index contributed by atoms with van der Waals surface area (Å²) in [6.45, 7) is 41.4. The van der Waals surface area contributed by atoms with Gasteiger partial charge in [-0.05, 0) is 30.9 Å². The minimum absolute atomic E-state index is 0. The van der Waals surface area contributed by atoms with Crippen molar-refractivity contribution in [1.29, 1.82) is 0 Å². The van der Waals surface area contributed by atoms with E-state index in [4.69, 9.17) is 0 Å². The van der Waals surface area contributed by atoms with Gasteiger partial charge in [0.05, 0.1) is 0 Å². The Morgan fingerprint density at radius 2 is 0.321 bits per heavy atom. The molecule has 0 aromatic rings.